The zero-order valence-corrected chi connectivity index (χ0v) is 29.3. The van der Waals surface area contributed by atoms with Crippen LogP contribution >= 0.6 is 11.8 Å². The smallest absolute Gasteiger partial charge is 0.237 e. The molecule has 5 rings (SSSR count). The lowest BCUT2D eigenvalue weighted by Crippen LogP contribution is -2.71. The number of fused-ring (bicyclic) bond motifs is 1. The molecule has 0 unspecified atom stereocenters. The van der Waals surface area contributed by atoms with E-state index >= 15 is 0 Å². The average molecular weight is 665 g/mol. The van der Waals surface area contributed by atoms with Crippen LogP contribution in [0.5, 0.6) is 0 Å². The van der Waals surface area contributed by atoms with Crippen molar-refractivity contribution in [2.24, 2.45) is 0 Å². The van der Waals surface area contributed by atoms with Gasteiger partial charge in [0.05, 0.1) is 11.4 Å². The first-order valence-corrected chi connectivity index (χ1v) is 17.2. The second-order valence-electron chi connectivity index (χ2n) is 12.8. The van der Waals surface area contributed by atoms with Crippen molar-refractivity contribution >= 4 is 38.8 Å². The van der Waals surface area contributed by atoms with Crippen LogP contribution in [0.25, 0.3) is 0 Å². The number of methoxy groups -OCH3 is 2. The monoisotopic (exact) mass is 664 g/mol. The van der Waals surface area contributed by atoms with E-state index in [1.165, 1.54) is 18.9 Å². The molecular formula is C35H44N2O7SSi. The lowest BCUT2D eigenvalue weighted by Gasteiger charge is -2.57. The molecule has 1 amide bonds. The van der Waals surface area contributed by atoms with Crippen LogP contribution in [0.2, 0.25) is 5.04 Å². The first-order chi connectivity index (χ1) is 21.8. The lowest BCUT2D eigenvalue weighted by atomic mass is 9.77. The number of nitrogens with one attached hydrogen (secondary N) is 2. The van der Waals surface area contributed by atoms with Crippen molar-refractivity contribution in [1.82, 2.24) is 0 Å². The standard InChI is InChI=1S/C35H44N2O7SSi/c1-32(2,3)46-44-35(23-14-10-8-11-15-23,24-16-12-9-13-17-24)31-30(42-33(4,40-6)34(5,41-7)43-31)27(38)21-36-25-18-19-28-26(20-25)37-29(39)22-45-28/h8-20,27,30-31,36,38H,21-22H2,1-7H3,(H,37,39)/t27-,30-,31-,33+,34+/m1/s1. The highest BCUT2D eigenvalue weighted by Crippen LogP contribution is 2.50. The topological polar surface area (TPSA) is 108 Å². The molecule has 2 aliphatic rings. The molecule has 3 aromatic carbocycles. The maximum Gasteiger partial charge on any atom is 0.237 e. The molecule has 9 nitrogen and oxygen atoms in total. The Hall–Kier alpha value is -2.74. The van der Waals surface area contributed by atoms with Gasteiger partial charge in [-0.25, -0.2) is 0 Å². The van der Waals surface area contributed by atoms with Crippen LogP contribution in [-0.4, -0.2) is 77.2 Å². The molecule has 3 N–H and O–H groups in total. The van der Waals surface area contributed by atoms with Gasteiger partial charge in [-0.1, -0.05) is 81.4 Å². The summed E-state index contributed by atoms with van der Waals surface area (Å²) < 4.78 is 32.8. The van der Waals surface area contributed by atoms with Gasteiger partial charge in [-0.2, -0.15) is 0 Å². The Bertz CT molecular complexity index is 1450. The van der Waals surface area contributed by atoms with E-state index in [0.717, 1.165) is 27.4 Å². The van der Waals surface area contributed by atoms with Crippen molar-refractivity contribution in [2.75, 3.05) is 37.2 Å². The quantitative estimate of drug-likeness (QED) is 0.219. The highest BCUT2D eigenvalue weighted by Gasteiger charge is 2.63. The Morgan fingerprint density at radius 1 is 0.978 bits per heavy atom. The Morgan fingerprint density at radius 2 is 1.57 bits per heavy atom. The van der Waals surface area contributed by atoms with Crippen LogP contribution in [0.3, 0.4) is 0 Å². The van der Waals surface area contributed by atoms with Crippen molar-refractivity contribution in [2.45, 2.75) is 80.0 Å². The highest BCUT2D eigenvalue weighted by molar-refractivity contribution is 8.00. The van der Waals surface area contributed by atoms with Crippen LogP contribution in [0.4, 0.5) is 11.4 Å². The van der Waals surface area contributed by atoms with Crippen LogP contribution in [0.15, 0.2) is 83.8 Å². The van der Waals surface area contributed by atoms with Crippen molar-refractivity contribution in [3.63, 3.8) is 0 Å². The Balaban J connectivity index is 1.60. The number of ether oxygens (including phenoxy) is 4. The molecule has 0 bridgehead atoms. The molecule has 5 atom stereocenters. The summed E-state index contributed by atoms with van der Waals surface area (Å²) in [5.74, 6) is -2.42. The van der Waals surface area contributed by atoms with E-state index in [1.807, 2.05) is 78.9 Å². The Kier molecular flexibility index (Phi) is 10.4. The third-order valence-electron chi connectivity index (χ3n) is 8.45. The Labute approximate surface area is 278 Å². The summed E-state index contributed by atoms with van der Waals surface area (Å²) in [5, 5.41) is 18.1. The zero-order chi connectivity index (χ0) is 33.2. The zero-order valence-electron chi connectivity index (χ0n) is 27.5. The minimum Gasteiger partial charge on any atom is -0.401 e. The first-order valence-electron chi connectivity index (χ1n) is 15.3. The minimum absolute atomic E-state index is 0.0422. The van der Waals surface area contributed by atoms with Gasteiger partial charge in [0.15, 0.2) is 0 Å². The Morgan fingerprint density at radius 3 is 2.13 bits per heavy atom. The van der Waals surface area contributed by atoms with Crippen molar-refractivity contribution in [3.05, 3.63) is 90.0 Å². The summed E-state index contributed by atoms with van der Waals surface area (Å²) in [6, 6.07) is 25.6. The number of carbonyl (C=O) groups excluding carboxylic acids is 1. The maximum atomic E-state index is 12.1. The van der Waals surface area contributed by atoms with Crippen LogP contribution in [0, 0.1) is 0 Å². The molecule has 3 aromatic rings. The van der Waals surface area contributed by atoms with Gasteiger partial charge in [0.2, 0.25) is 27.2 Å². The number of hydrogen-bond acceptors (Lipinski definition) is 9. The van der Waals surface area contributed by atoms with Crippen LogP contribution < -0.4 is 10.6 Å². The summed E-state index contributed by atoms with van der Waals surface area (Å²) in [6.07, 6.45) is -2.97. The highest BCUT2D eigenvalue weighted by atomic mass is 32.2. The first kappa shape index (κ1) is 34.6. The number of aliphatic hydroxyl groups excluding tert-OH is 1. The number of thioether (sulfide) groups is 1. The van der Waals surface area contributed by atoms with Gasteiger partial charge in [-0.15, -0.1) is 11.8 Å². The number of amides is 1. The number of anilines is 2. The van der Waals surface area contributed by atoms with E-state index in [1.54, 1.807) is 21.0 Å². The van der Waals surface area contributed by atoms with Gasteiger partial charge in [0, 0.05) is 31.3 Å². The number of rotatable bonds is 11. The molecule has 246 valence electrons. The van der Waals surface area contributed by atoms with E-state index in [-0.39, 0.29) is 27.3 Å². The predicted molar refractivity (Wildman–Crippen MR) is 181 cm³/mol. The van der Waals surface area contributed by atoms with E-state index in [2.05, 4.69) is 31.4 Å². The van der Waals surface area contributed by atoms with Gasteiger partial charge in [0.1, 0.15) is 23.9 Å². The summed E-state index contributed by atoms with van der Waals surface area (Å²) in [7, 11) is 3.14. The molecule has 0 spiro atoms. The molecule has 2 radical (unpaired) electrons. The molecule has 2 aliphatic heterocycles. The van der Waals surface area contributed by atoms with Crippen molar-refractivity contribution in [3.8, 4) is 0 Å². The fourth-order valence-electron chi connectivity index (χ4n) is 5.71. The van der Waals surface area contributed by atoms with Crippen LogP contribution in [-0.2, 0) is 33.8 Å². The molecule has 1 fully saturated rings. The van der Waals surface area contributed by atoms with Gasteiger partial charge >= 0.3 is 0 Å². The number of hydrogen-bond donors (Lipinski definition) is 3. The molecule has 0 saturated carbocycles. The van der Waals surface area contributed by atoms with Crippen molar-refractivity contribution < 1.29 is 33.3 Å². The van der Waals surface area contributed by atoms with E-state index in [4.69, 9.17) is 23.4 Å². The third kappa shape index (κ3) is 6.93. The SMILES string of the molecule is CO[C@@]1(C)O[C@H]([C@H](O)CNc2ccc3c(c2)NC(=O)CS3)[C@H](C(O[Si]C(C)(C)C)(c2ccccc2)c2ccccc2)O[C@]1(C)OC. The fraction of sp³-hybridized carbons (Fsp3) is 0.457. The number of carbonyl (C=O) groups is 1. The third-order valence-corrected chi connectivity index (χ3v) is 10.6. The summed E-state index contributed by atoms with van der Waals surface area (Å²) in [4.78, 5) is 13.0. The van der Waals surface area contributed by atoms with E-state index < -0.39 is 35.5 Å². The number of benzene rings is 3. The molecule has 2 heterocycles. The lowest BCUT2D eigenvalue weighted by molar-refractivity contribution is -0.463. The predicted octanol–water partition coefficient (Wildman–Crippen LogP) is 5.81. The summed E-state index contributed by atoms with van der Waals surface area (Å²) in [6.45, 7) is 10.0. The average Bonchev–Trinajstić information content (AvgIpc) is 3.05. The second-order valence-corrected chi connectivity index (χ2v) is 15.8. The summed E-state index contributed by atoms with van der Waals surface area (Å²) >= 11 is 1.50. The van der Waals surface area contributed by atoms with E-state index in [0.29, 0.717) is 5.75 Å². The summed E-state index contributed by atoms with van der Waals surface area (Å²) in [5.41, 5.74) is 1.95. The van der Waals surface area contributed by atoms with Crippen molar-refractivity contribution in [1.29, 1.82) is 0 Å². The normalized spacial score (nSPS) is 25.8. The maximum absolute atomic E-state index is 12.1. The van der Waals surface area contributed by atoms with Gasteiger partial charge in [-0.3, -0.25) is 4.79 Å². The molecular weight excluding hydrogens is 621 g/mol. The largest absolute Gasteiger partial charge is 0.401 e. The van der Waals surface area contributed by atoms with Gasteiger partial charge in [-0.05, 0) is 48.2 Å². The molecule has 1 saturated heterocycles. The second kappa shape index (κ2) is 13.8. The van der Waals surface area contributed by atoms with Gasteiger partial charge < -0.3 is 39.1 Å². The minimum atomic E-state index is -1.39. The van der Waals surface area contributed by atoms with E-state index in [9.17, 15) is 9.90 Å². The van der Waals surface area contributed by atoms with Gasteiger partial charge in [0.25, 0.3) is 0 Å². The van der Waals surface area contributed by atoms with Crippen LogP contribution in [0.1, 0.15) is 45.7 Å². The molecule has 0 aromatic heterocycles. The molecule has 0 aliphatic carbocycles. The molecule has 11 heteroatoms. The fourth-order valence-corrected chi connectivity index (χ4v) is 7.32. The number of aliphatic hydroxyl groups is 1. The molecule has 46 heavy (non-hydrogen) atoms.